The van der Waals surface area contributed by atoms with Crippen molar-refractivity contribution in [3.63, 3.8) is 0 Å². The Hall–Kier alpha value is -1.17. The standard InChI is InChI=1S/C19H32O4Si/c1-14(20)17(12-13-23-24(6,7)19(2,3)4)18(21)15-8-10-16(22-5)11-9-15/h8-11,17-18,21H,12-13H2,1-7H3. The minimum absolute atomic E-state index is 0.0165. The first-order valence-corrected chi connectivity index (χ1v) is 11.4. The predicted molar refractivity (Wildman–Crippen MR) is 99.9 cm³/mol. The van der Waals surface area contributed by atoms with Gasteiger partial charge in [-0.2, -0.15) is 0 Å². The van der Waals surface area contributed by atoms with E-state index in [1.54, 1.807) is 31.4 Å². The summed E-state index contributed by atoms with van der Waals surface area (Å²) in [6, 6.07) is 7.19. The van der Waals surface area contributed by atoms with Crippen LogP contribution in [0.2, 0.25) is 18.1 Å². The molecule has 2 atom stereocenters. The lowest BCUT2D eigenvalue weighted by Gasteiger charge is -2.36. The van der Waals surface area contributed by atoms with E-state index in [0.717, 1.165) is 11.3 Å². The number of benzene rings is 1. The molecule has 1 N–H and O–H groups in total. The third-order valence-corrected chi connectivity index (χ3v) is 9.60. The normalized spacial score (nSPS) is 15.0. The van der Waals surface area contributed by atoms with E-state index >= 15 is 0 Å². The third kappa shape index (κ3) is 5.43. The lowest BCUT2D eigenvalue weighted by atomic mass is 9.90. The number of methoxy groups -OCH3 is 1. The Labute approximate surface area is 147 Å². The minimum atomic E-state index is -1.84. The zero-order valence-corrected chi connectivity index (χ0v) is 17.1. The summed E-state index contributed by atoms with van der Waals surface area (Å²) in [5.74, 6) is 0.256. The molecule has 1 aromatic rings. The number of carbonyl (C=O) groups is 1. The maximum atomic E-state index is 12.0. The molecule has 5 heteroatoms. The highest BCUT2D eigenvalue weighted by molar-refractivity contribution is 6.74. The van der Waals surface area contributed by atoms with E-state index in [1.165, 1.54) is 6.92 Å². The molecule has 0 fully saturated rings. The van der Waals surface area contributed by atoms with E-state index in [1.807, 2.05) is 0 Å². The zero-order chi connectivity index (χ0) is 18.5. The summed E-state index contributed by atoms with van der Waals surface area (Å²) in [5, 5.41) is 10.7. The topological polar surface area (TPSA) is 55.8 Å². The monoisotopic (exact) mass is 352 g/mol. The van der Waals surface area contributed by atoms with Gasteiger partial charge >= 0.3 is 0 Å². The molecule has 0 heterocycles. The fourth-order valence-electron chi connectivity index (χ4n) is 2.27. The van der Waals surface area contributed by atoms with Gasteiger partial charge in [-0.05, 0) is 49.2 Å². The molecular formula is C19H32O4Si. The Balaban J connectivity index is 2.74. The molecular weight excluding hydrogens is 320 g/mol. The molecule has 0 amide bonds. The van der Waals surface area contributed by atoms with Crippen molar-refractivity contribution in [2.24, 2.45) is 5.92 Å². The molecule has 1 rings (SSSR count). The van der Waals surface area contributed by atoms with Crippen molar-refractivity contribution in [2.75, 3.05) is 13.7 Å². The summed E-state index contributed by atoms with van der Waals surface area (Å²) in [4.78, 5) is 12.0. The Morgan fingerprint density at radius 1 is 1.21 bits per heavy atom. The number of hydrogen-bond acceptors (Lipinski definition) is 4. The maximum Gasteiger partial charge on any atom is 0.191 e. The molecule has 1 aromatic carbocycles. The number of ketones is 1. The number of carbonyl (C=O) groups excluding carboxylic acids is 1. The van der Waals surface area contributed by atoms with Crippen LogP contribution in [0.4, 0.5) is 0 Å². The van der Waals surface area contributed by atoms with Crippen molar-refractivity contribution in [1.82, 2.24) is 0 Å². The Morgan fingerprint density at radius 2 is 1.75 bits per heavy atom. The van der Waals surface area contributed by atoms with Gasteiger partial charge in [-0.3, -0.25) is 4.79 Å². The van der Waals surface area contributed by atoms with Crippen LogP contribution < -0.4 is 4.74 Å². The lowest BCUT2D eigenvalue weighted by molar-refractivity contribution is -0.125. The van der Waals surface area contributed by atoms with E-state index in [2.05, 4.69) is 33.9 Å². The van der Waals surface area contributed by atoms with Crippen molar-refractivity contribution in [1.29, 1.82) is 0 Å². The maximum absolute atomic E-state index is 12.0. The van der Waals surface area contributed by atoms with Crippen molar-refractivity contribution < 1.29 is 19.1 Å². The summed E-state index contributed by atoms with van der Waals surface area (Å²) in [7, 11) is -0.243. The second-order valence-electron chi connectivity index (χ2n) is 7.83. The SMILES string of the molecule is COc1ccc(C(O)C(CCO[Si](C)(C)C(C)(C)C)C(C)=O)cc1. The first kappa shape index (κ1) is 20.9. The summed E-state index contributed by atoms with van der Waals surface area (Å²) in [5.41, 5.74) is 0.725. The van der Waals surface area contributed by atoms with Crippen molar-refractivity contribution in [3.8, 4) is 5.75 Å². The molecule has 0 aliphatic carbocycles. The van der Waals surface area contributed by atoms with Gasteiger partial charge in [0.15, 0.2) is 8.32 Å². The Morgan fingerprint density at radius 3 is 2.17 bits per heavy atom. The van der Waals surface area contributed by atoms with Crippen LogP contribution in [0.25, 0.3) is 0 Å². The van der Waals surface area contributed by atoms with Gasteiger partial charge in [0, 0.05) is 12.5 Å². The van der Waals surface area contributed by atoms with Gasteiger partial charge in [0.05, 0.1) is 13.2 Å². The minimum Gasteiger partial charge on any atom is -0.497 e. The molecule has 0 aliphatic rings. The van der Waals surface area contributed by atoms with Gasteiger partial charge in [-0.1, -0.05) is 32.9 Å². The van der Waals surface area contributed by atoms with Crippen LogP contribution in [-0.4, -0.2) is 32.9 Å². The van der Waals surface area contributed by atoms with Gasteiger partial charge in [0.2, 0.25) is 0 Å². The highest BCUT2D eigenvalue weighted by atomic mass is 28.4. The molecule has 4 nitrogen and oxygen atoms in total. The van der Waals surface area contributed by atoms with Crippen LogP contribution in [0, 0.1) is 5.92 Å². The molecule has 24 heavy (non-hydrogen) atoms. The number of aliphatic hydroxyl groups excluding tert-OH is 1. The average Bonchev–Trinajstić information content (AvgIpc) is 2.49. The molecule has 0 saturated carbocycles. The van der Waals surface area contributed by atoms with Gasteiger partial charge in [-0.15, -0.1) is 0 Å². The lowest BCUT2D eigenvalue weighted by Crippen LogP contribution is -2.41. The number of hydrogen-bond donors (Lipinski definition) is 1. The zero-order valence-electron chi connectivity index (χ0n) is 16.1. The second-order valence-corrected chi connectivity index (χ2v) is 12.6. The van der Waals surface area contributed by atoms with Crippen LogP contribution in [0.5, 0.6) is 5.75 Å². The van der Waals surface area contributed by atoms with E-state index in [9.17, 15) is 9.90 Å². The van der Waals surface area contributed by atoms with E-state index in [-0.39, 0.29) is 10.8 Å². The first-order valence-electron chi connectivity index (χ1n) is 8.46. The quantitative estimate of drug-likeness (QED) is 0.707. The van der Waals surface area contributed by atoms with E-state index in [4.69, 9.17) is 9.16 Å². The van der Waals surface area contributed by atoms with E-state index < -0.39 is 20.3 Å². The fraction of sp³-hybridized carbons (Fsp3) is 0.632. The van der Waals surface area contributed by atoms with Crippen LogP contribution in [0.15, 0.2) is 24.3 Å². The molecule has 136 valence electrons. The smallest absolute Gasteiger partial charge is 0.191 e. The van der Waals surface area contributed by atoms with Gasteiger partial charge in [0.1, 0.15) is 11.5 Å². The van der Waals surface area contributed by atoms with Gasteiger partial charge < -0.3 is 14.3 Å². The Kier molecular flexibility index (Phi) is 7.20. The van der Waals surface area contributed by atoms with Gasteiger partial charge in [0.25, 0.3) is 0 Å². The molecule has 0 radical (unpaired) electrons. The van der Waals surface area contributed by atoms with Crippen LogP contribution in [0.1, 0.15) is 45.8 Å². The highest BCUT2D eigenvalue weighted by Gasteiger charge is 2.37. The predicted octanol–water partition coefficient (Wildman–Crippen LogP) is 4.35. The molecule has 0 spiro atoms. The van der Waals surface area contributed by atoms with Crippen molar-refractivity contribution in [3.05, 3.63) is 29.8 Å². The van der Waals surface area contributed by atoms with Crippen LogP contribution in [-0.2, 0) is 9.22 Å². The first-order chi connectivity index (χ1) is 11.0. The Bertz CT molecular complexity index is 531. The number of rotatable bonds is 8. The molecule has 0 aromatic heterocycles. The largest absolute Gasteiger partial charge is 0.497 e. The average molecular weight is 353 g/mol. The van der Waals surface area contributed by atoms with Crippen LogP contribution in [0.3, 0.4) is 0 Å². The fourth-order valence-corrected chi connectivity index (χ4v) is 3.34. The molecule has 2 unspecified atom stereocenters. The second kappa shape index (κ2) is 8.27. The summed E-state index contributed by atoms with van der Waals surface area (Å²) >= 11 is 0. The molecule has 0 aliphatic heterocycles. The number of aliphatic hydroxyl groups is 1. The van der Waals surface area contributed by atoms with Crippen molar-refractivity contribution >= 4 is 14.1 Å². The van der Waals surface area contributed by atoms with Crippen LogP contribution >= 0.6 is 0 Å². The molecule has 0 saturated heterocycles. The number of Topliss-reactive ketones (excluding diaryl/α,β-unsaturated/α-hetero) is 1. The molecule has 0 bridgehead atoms. The number of ether oxygens (including phenoxy) is 1. The summed E-state index contributed by atoms with van der Waals surface area (Å²) in [6.45, 7) is 13.0. The van der Waals surface area contributed by atoms with Crippen molar-refractivity contribution in [2.45, 2.75) is 58.4 Å². The summed E-state index contributed by atoms with van der Waals surface area (Å²) < 4.78 is 11.3. The van der Waals surface area contributed by atoms with Gasteiger partial charge in [-0.25, -0.2) is 0 Å². The third-order valence-electron chi connectivity index (χ3n) is 5.06. The van der Waals surface area contributed by atoms with E-state index in [0.29, 0.717) is 13.0 Å². The highest BCUT2D eigenvalue weighted by Crippen LogP contribution is 2.37. The summed E-state index contributed by atoms with van der Waals surface area (Å²) in [6.07, 6.45) is -0.300.